The number of fused-ring (bicyclic) bond motifs is 2. The molecule has 0 spiro atoms. The molecule has 2 aliphatic heterocycles. The molecule has 2 aromatic carbocycles. The van der Waals surface area contributed by atoms with Gasteiger partial charge in [0, 0.05) is 17.8 Å². The van der Waals surface area contributed by atoms with Crippen LogP contribution in [0.2, 0.25) is 0 Å². The van der Waals surface area contributed by atoms with E-state index in [0.717, 1.165) is 23.2 Å². The van der Waals surface area contributed by atoms with E-state index >= 15 is 0 Å². The van der Waals surface area contributed by atoms with Gasteiger partial charge in [0.25, 0.3) is 5.91 Å². The van der Waals surface area contributed by atoms with Crippen LogP contribution in [0.15, 0.2) is 48.5 Å². The molecule has 1 amide bonds. The highest BCUT2D eigenvalue weighted by Gasteiger charge is 2.32. The Bertz CT molecular complexity index is 734. The van der Waals surface area contributed by atoms with Crippen molar-refractivity contribution in [3.05, 3.63) is 59.7 Å². The summed E-state index contributed by atoms with van der Waals surface area (Å²) in [5.74, 6) is -0.361. The van der Waals surface area contributed by atoms with Crippen LogP contribution in [-0.4, -0.2) is 31.6 Å². The predicted molar refractivity (Wildman–Crippen MR) is 88.1 cm³/mol. The Hall–Kier alpha value is -2.82. The third kappa shape index (κ3) is 2.52. The molecule has 2 aromatic rings. The minimum absolute atomic E-state index is 0.194. The predicted octanol–water partition coefficient (Wildman–Crippen LogP) is 2.30. The lowest BCUT2D eigenvalue weighted by Gasteiger charge is -2.17. The first-order valence-corrected chi connectivity index (χ1v) is 8.00. The number of hydrogen-bond donors (Lipinski definition) is 0. The van der Waals surface area contributed by atoms with Gasteiger partial charge in [-0.15, -0.1) is 0 Å². The lowest BCUT2D eigenvalue weighted by Crippen LogP contribution is -2.34. The van der Waals surface area contributed by atoms with Crippen molar-refractivity contribution in [1.29, 1.82) is 0 Å². The van der Waals surface area contributed by atoms with E-state index in [9.17, 15) is 9.59 Å². The highest BCUT2D eigenvalue weighted by molar-refractivity contribution is 5.97. The number of benzene rings is 2. The first-order valence-electron chi connectivity index (χ1n) is 8.00. The molecule has 1 unspecified atom stereocenters. The molecule has 5 nitrogen and oxygen atoms in total. The Labute approximate surface area is 139 Å². The quantitative estimate of drug-likeness (QED) is 0.813. The number of rotatable bonds is 3. The van der Waals surface area contributed by atoms with Crippen molar-refractivity contribution in [2.24, 2.45) is 0 Å². The Morgan fingerprint density at radius 2 is 1.92 bits per heavy atom. The lowest BCUT2D eigenvalue weighted by molar-refractivity contribution is -0.149. The molecule has 1 atom stereocenters. The molecule has 4 rings (SSSR count). The van der Waals surface area contributed by atoms with E-state index in [0.29, 0.717) is 12.3 Å². The van der Waals surface area contributed by atoms with Gasteiger partial charge in [-0.1, -0.05) is 36.4 Å². The highest BCUT2D eigenvalue weighted by atomic mass is 16.5. The molecule has 24 heavy (non-hydrogen) atoms. The molecule has 5 heteroatoms. The molecule has 2 aliphatic rings. The van der Waals surface area contributed by atoms with E-state index in [4.69, 9.17) is 9.47 Å². The Morgan fingerprint density at radius 1 is 1.12 bits per heavy atom. The van der Waals surface area contributed by atoms with Crippen molar-refractivity contribution in [2.45, 2.75) is 12.3 Å². The molecule has 0 fully saturated rings. The third-order valence-corrected chi connectivity index (χ3v) is 4.51. The topological polar surface area (TPSA) is 55.8 Å². The fourth-order valence-corrected chi connectivity index (χ4v) is 3.27. The van der Waals surface area contributed by atoms with Gasteiger partial charge >= 0.3 is 5.97 Å². The first-order chi connectivity index (χ1) is 11.7. The minimum atomic E-state index is -0.458. The smallest absolute Gasteiger partial charge is 0.317 e. The Balaban J connectivity index is 1.39. The van der Waals surface area contributed by atoms with Crippen molar-refractivity contribution < 1.29 is 19.1 Å². The summed E-state index contributed by atoms with van der Waals surface area (Å²) in [7, 11) is 0. The number of para-hydroxylation sites is 2. The van der Waals surface area contributed by atoms with Crippen molar-refractivity contribution in [1.82, 2.24) is 0 Å². The van der Waals surface area contributed by atoms with E-state index in [2.05, 4.69) is 0 Å². The van der Waals surface area contributed by atoms with Crippen LogP contribution in [0.4, 0.5) is 5.69 Å². The molecule has 0 aromatic heterocycles. The van der Waals surface area contributed by atoms with Crippen LogP contribution >= 0.6 is 0 Å². The maximum Gasteiger partial charge on any atom is 0.317 e. The largest absolute Gasteiger partial charge is 0.492 e. The Morgan fingerprint density at radius 3 is 2.83 bits per heavy atom. The van der Waals surface area contributed by atoms with Gasteiger partial charge < -0.3 is 14.4 Å². The molecule has 0 saturated carbocycles. The minimum Gasteiger partial charge on any atom is -0.492 e. The zero-order chi connectivity index (χ0) is 16.5. The monoisotopic (exact) mass is 323 g/mol. The second-order valence-electron chi connectivity index (χ2n) is 5.93. The summed E-state index contributed by atoms with van der Waals surface area (Å²) < 4.78 is 10.8. The third-order valence-electron chi connectivity index (χ3n) is 4.51. The van der Waals surface area contributed by atoms with Gasteiger partial charge in [0.2, 0.25) is 0 Å². The fraction of sp³-hybridized carbons (Fsp3) is 0.263. The molecular formula is C19H17NO4. The lowest BCUT2D eigenvalue weighted by atomic mass is 10.0. The van der Waals surface area contributed by atoms with E-state index < -0.39 is 11.9 Å². The SMILES string of the molecule is O=C(OCC(=O)N1CCc2ccccc21)C1COc2ccccc21. The summed E-state index contributed by atoms with van der Waals surface area (Å²) in [5, 5.41) is 0. The molecule has 0 bridgehead atoms. The van der Waals surface area contributed by atoms with Gasteiger partial charge in [0.05, 0.1) is 0 Å². The number of hydrogen-bond acceptors (Lipinski definition) is 4. The summed E-state index contributed by atoms with van der Waals surface area (Å²) in [6.45, 7) is 0.649. The van der Waals surface area contributed by atoms with Crippen LogP contribution < -0.4 is 9.64 Å². The zero-order valence-corrected chi connectivity index (χ0v) is 13.1. The number of carbonyl (C=O) groups excluding carboxylic acids is 2. The molecule has 0 radical (unpaired) electrons. The second-order valence-corrected chi connectivity index (χ2v) is 5.93. The number of ether oxygens (including phenoxy) is 2. The van der Waals surface area contributed by atoms with E-state index in [1.165, 1.54) is 0 Å². The fourth-order valence-electron chi connectivity index (χ4n) is 3.27. The summed E-state index contributed by atoms with van der Waals surface area (Å²) >= 11 is 0. The van der Waals surface area contributed by atoms with Gasteiger partial charge in [0.1, 0.15) is 18.3 Å². The average molecular weight is 323 g/mol. The maximum absolute atomic E-state index is 12.4. The average Bonchev–Trinajstić information content (AvgIpc) is 3.23. The summed E-state index contributed by atoms with van der Waals surface area (Å²) in [6.07, 6.45) is 0.833. The van der Waals surface area contributed by atoms with E-state index in [-0.39, 0.29) is 19.1 Å². The standard InChI is InChI=1S/C19H17NO4/c21-18(20-10-9-13-5-1-3-7-16(13)20)12-24-19(22)15-11-23-17-8-4-2-6-14(15)17/h1-8,15H,9-12H2. The van der Waals surface area contributed by atoms with Crippen LogP contribution in [0.3, 0.4) is 0 Å². The van der Waals surface area contributed by atoms with Gasteiger partial charge in [-0.3, -0.25) is 9.59 Å². The van der Waals surface area contributed by atoms with Gasteiger partial charge in [-0.2, -0.15) is 0 Å². The molecular weight excluding hydrogens is 306 g/mol. The van der Waals surface area contributed by atoms with E-state index in [1.807, 2.05) is 48.5 Å². The van der Waals surface area contributed by atoms with Gasteiger partial charge in [0.15, 0.2) is 6.61 Å². The zero-order valence-electron chi connectivity index (χ0n) is 13.1. The number of amides is 1. The molecule has 2 heterocycles. The summed E-state index contributed by atoms with van der Waals surface area (Å²) in [4.78, 5) is 26.4. The number of esters is 1. The van der Waals surface area contributed by atoms with Crippen molar-refractivity contribution in [3.63, 3.8) is 0 Å². The molecule has 122 valence electrons. The van der Waals surface area contributed by atoms with Crippen molar-refractivity contribution in [3.8, 4) is 5.75 Å². The van der Waals surface area contributed by atoms with Crippen molar-refractivity contribution >= 4 is 17.6 Å². The Kier molecular flexibility index (Phi) is 3.69. The number of anilines is 1. The molecule has 0 saturated heterocycles. The van der Waals surface area contributed by atoms with Crippen LogP contribution in [0.25, 0.3) is 0 Å². The van der Waals surface area contributed by atoms with Crippen LogP contribution in [0, 0.1) is 0 Å². The van der Waals surface area contributed by atoms with Crippen LogP contribution in [0.1, 0.15) is 17.0 Å². The molecule has 0 aliphatic carbocycles. The van der Waals surface area contributed by atoms with Crippen molar-refractivity contribution in [2.75, 3.05) is 24.7 Å². The normalized spacial score (nSPS) is 17.8. The van der Waals surface area contributed by atoms with Crippen LogP contribution in [-0.2, 0) is 20.7 Å². The number of nitrogens with zero attached hydrogens (tertiary/aromatic N) is 1. The van der Waals surface area contributed by atoms with E-state index in [1.54, 1.807) is 4.90 Å². The van der Waals surface area contributed by atoms with Gasteiger partial charge in [-0.05, 0) is 24.1 Å². The highest BCUT2D eigenvalue weighted by Crippen LogP contribution is 2.34. The number of carbonyl (C=O) groups is 2. The first kappa shape index (κ1) is 14.8. The molecule has 0 N–H and O–H groups in total. The van der Waals surface area contributed by atoms with Crippen LogP contribution in [0.5, 0.6) is 5.75 Å². The van der Waals surface area contributed by atoms with Gasteiger partial charge in [-0.25, -0.2) is 0 Å². The second kappa shape index (κ2) is 6.00. The summed E-state index contributed by atoms with van der Waals surface area (Å²) in [6, 6.07) is 15.2. The summed E-state index contributed by atoms with van der Waals surface area (Å²) in [5.41, 5.74) is 2.88. The maximum atomic E-state index is 12.4.